The van der Waals surface area contributed by atoms with Gasteiger partial charge in [0.2, 0.25) is 0 Å². The van der Waals surface area contributed by atoms with Crippen molar-refractivity contribution in [2.75, 3.05) is 18.1 Å². The molecular formula is C26H27F3N4O4. The summed E-state index contributed by atoms with van der Waals surface area (Å²) in [6.45, 7) is 4.71. The van der Waals surface area contributed by atoms with E-state index in [1.165, 1.54) is 12.1 Å². The topological polar surface area (TPSA) is 92.8 Å². The number of hydrogen-bond acceptors (Lipinski definition) is 7. The number of nitro groups is 1. The van der Waals surface area contributed by atoms with E-state index in [-0.39, 0.29) is 30.0 Å². The molecular weight excluding hydrogens is 489 g/mol. The zero-order chi connectivity index (χ0) is 26.4. The zero-order valence-electron chi connectivity index (χ0n) is 20.3. The lowest BCUT2D eigenvalue weighted by Gasteiger charge is -2.38. The maximum atomic E-state index is 13.1. The van der Waals surface area contributed by atoms with Crippen LogP contribution in [0.1, 0.15) is 43.9 Å². The van der Waals surface area contributed by atoms with Crippen molar-refractivity contribution < 1.29 is 27.2 Å². The molecule has 0 spiro atoms. The first-order chi connectivity index (χ1) is 17.5. The van der Waals surface area contributed by atoms with Crippen LogP contribution in [0.15, 0.2) is 59.3 Å². The van der Waals surface area contributed by atoms with Crippen molar-refractivity contribution in [2.45, 2.75) is 50.5 Å². The molecule has 196 valence electrons. The number of hydrogen-bond donors (Lipinski definition) is 2. The van der Waals surface area contributed by atoms with Crippen LogP contribution in [0, 0.1) is 10.1 Å². The van der Waals surface area contributed by atoms with Gasteiger partial charge in [-0.2, -0.15) is 13.2 Å². The summed E-state index contributed by atoms with van der Waals surface area (Å²) in [4.78, 5) is 13.5. The van der Waals surface area contributed by atoms with Gasteiger partial charge in [0.05, 0.1) is 10.5 Å². The van der Waals surface area contributed by atoms with Gasteiger partial charge in [-0.25, -0.2) is 0 Å². The second-order valence-corrected chi connectivity index (χ2v) is 9.81. The third kappa shape index (κ3) is 5.03. The van der Waals surface area contributed by atoms with Crippen molar-refractivity contribution in [3.63, 3.8) is 0 Å². The molecule has 1 saturated heterocycles. The highest BCUT2D eigenvalue weighted by Crippen LogP contribution is 2.40. The Kier molecular flexibility index (Phi) is 6.17. The summed E-state index contributed by atoms with van der Waals surface area (Å²) in [6.07, 6.45) is 0.480. The van der Waals surface area contributed by atoms with E-state index in [1.54, 1.807) is 24.5 Å². The normalized spacial score (nSPS) is 21.1. The maximum absolute atomic E-state index is 13.1. The highest BCUT2D eigenvalue weighted by Gasteiger charge is 2.33. The second kappa shape index (κ2) is 9.20. The third-order valence-electron chi connectivity index (χ3n) is 7.02. The van der Waals surface area contributed by atoms with Crippen LogP contribution in [0.4, 0.5) is 24.5 Å². The standard InChI is InChI=1S/C26H27F3N4O4/c1-16-11-17(24-13-18-12-19(26(27,28)29)3-5-22(18)37-24)7-10-32(16)20-4-6-23(21(14-20)33(34)35)36-15-25(2)30-8-9-31-25/h3-6,8-9,12-14,16-17,30-31H,7,10-11,15H2,1-2H3/t16-,17?/m0/s1. The molecule has 11 heteroatoms. The van der Waals surface area contributed by atoms with Crippen LogP contribution in [-0.2, 0) is 6.18 Å². The van der Waals surface area contributed by atoms with Gasteiger partial charge < -0.3 is 24.7 Å². The third-order valence-corrected chi connectivity index (χ3v) is 7.02. The minimum atomic E-state index is -4.41. The van der Waals surface area contributed by atoms with Gasteiger partial charge >= 0.3 is 11.9 Å². The predicted octanol–water partition coefficient (Wildman–Crippen LogP) is 5.89. The molecule has 2 aliphatic rings. The van der Waals surface area contributed by atoms with Crippen molar-refractivity contribution in [3.05, 3.63) is 76.3 Å². The Hall–Kier alpha value is -3.89. The number of halogens is 3. The molecule has 0 bridgehead atoms. The van der Waals surface area contributed by atoms with Crippen LogP contribution in [0.2, 0.25) is 0 Å². The number of benzene rings is 2. The number of anilines is 1. The number of ether oxygens (including phenoxy) is 1. The first-order valence-corrected chi connectivity index (χ1v) is 12.0. The Balaban J connectivity index is 1.30. The van der Waals surface area contributed by atoms with E-state index < -0.39 is 22.3 Å². The molecule has 1 fully saturated rings. The highest BCUT2D eigenvalue weighted by atomic mass is 19.4. The first kappa shape index (κ1) is 24.8. The fraction of sp³-hybridized carbons (Fsp3) is 0.385. The zero-order valence-corrected chi connectivity index (χ0v) is 20.3. The summed E-state index contributed by atoms with van der Waals surface area (Å²) in [5.41, 5.74) is -0.218. The quantitative estimate of drug-likeness (QED) is 0.312. The fourth-order valence-electron chi connectivity index (χ4n) is 5.00. The number of fused-ring (bicyclic) bond motifs is 1. The Morgan fingerprint density at radius 2 is 1.95 bits per heavy atom. The van der Waals surface area contributed by atoms with E-state index in [2.05, 4.69) is 15.5 Å². The van der Waals surface area contributed by atoms with Crippen LogP contribution >= 0.6 is 0 Å². The largest absolute Gasteiger partial charge is 0.482 e. The van der Waals surface area contributed by atoms with Gasteiger partial charge in [0.25, 0.3) is 0 Å². The van der Waals surface area contributed by atoms with Gasteiger partial charge in [0.15, 0.2) is 5.75 Å². The molecule has 2 N–H and O–H groups in total. The van der Waals surface area contributed by atoms with Crippen LogP contribution in [0.5, 0.6) is 5.75 Å². The number of rotatable bonds is 6. The molecule has 0 saturated carbocycles. The van der Waals surface area contributed by atoms with E-state index in [9.17, 15) is 23.3 Å². The molecule has 2 aromatic carbocycles. The van der Waals surface area contributed by atoms with Gasteiger partial charge in [-0.1, -0.05) is 0 Å². The Labute approximate surface area is 211 Å². The lowest BCUT2D eigenvalue weighted by molar-refractivity contribution is -0.385. The van der Waals surface area contributed by atoms with E-state index in [0.717, 1.165) is 17.8 Å². The molecule has 1 unspecified atom stereocenters. The molecule has 0 radical (unpaired) electrons. The van der Waals surface area contributed by atoms with Crippen molar-refractivity contribution in [1.29, 1.82) is 0 Å². The number of nitrogens with zero attached hydrogens (tertiary/aromatic N) is 2. The fourth-order valence-corrected chi connectivity index (χ4v) is 5.00. The summed E-state index contributed by atoms with van der Waals surface area (Å²) >= 11 is 0. The summed E-state index contributed by atoms with van der Waals surface area (Å²) in [6, 6.07) is 10.2. The van der Waals surface area contributed by atoms with Crippen molar-refractivity contribution in [2.24, 2.45) is 0 Å². The number of piperidine rings is 1. The molecule has 5 rings (SSSR count). The number of alkyl halides is 3. The van der Waals surface area contributed by atoms with Crippen molar-refractivity contribution in [3.8, 4) is 5.75 Å². The first-order valence-electron chi connectivity index (χ1n) is 12.0. The number of nitrogens with one attached hydrogen (secondary N) is 2. The van der Waals surface area contributed by atoms with Gasteiger partial charge in [-0.05, 0) is 63.1 Å². The summed E-state index contributed by atoms with van der Waals surface area (Å²) < 4.78 is 50.9. The van der Waals surface area contributed by atoms with Gasteiger partial charge in [-0.15, -0.1) is 0 Å². The predicted molar refractivity (Wildman–Crippen MR) is 132 cm³/mol. The molecule has 3 aromatic rings. The minimum absolute atomic E-state index is 0.0287. The Morgan fingerprint density at radius 1 is 1.19 bits per heavy atom. The van der Waals surface area contributed by atoms with Crippen LogP contribution in [-0.4, -0.2) is 29.8 Å². The molecule has 0 amide bonds. The molecule has 3 heterocycles. The Bertz CT molecular complexity index is 1350. The van der Waals surface area contributed by atoms with Crippen LogP contribution in [0.3, 0.4) is 0 Å². The van der Waals surface area contributed by atoms with Gasteiger partial charge in [-0.3, -0.25) is 10.1 Å². The molecule has 2 atom stereocenters. The number of nitro benzene ring substituents is 1. The lowest BCUT2D eigenvalue weighted by Crippen LogP contribution is -2.50. The summed E-state index contributed by atoms with van der Waals surface area (Å²) in [7, 11) is 0. The average molecular weight is 517 g/mol. The highest BCUT2D eigenvalue weighted by molar-refractivity contribution is 5.79. The van der Waals surface area contributed by atoms with E-state index in [0.29, 0.717) is 36.1 Å². The molecule has 8 nitrogen and oxygen atoms in total. The maximum Gasteiger partial charge on any atom is 0.416 e. The second-order valence-electron chi connectivity index (χ2n) is 9.81. The van der Waals surface area contributed by atoms with E-state index in [1.807, 2.05) is 19.9 Å². The molecule has 2 aliphatic heterocycles. The molecule has 37 heavy (non-hydrogen) atoms. The minimum Gasteiger partial charge on any atom is -0.482 e. The monoisotopic (exact) mass is 516 g/mol. The van der Waals surface area contributed by atoms with Crippen molar-refractivity contribution in [1.82, 2.24) is 10.6 Å². The Morgan fingerprint density at radius 3 is 2.62 bits per heavy atom. The summed E-state index contributed by atoms with van der Waals surface area (Å²) in [5.74, 6) is 0.882. The van der Waals surface area contributed by atoms with Crippen molar-refractivity contribution >= 4 is 22.3 Å². The molecule has 0 aliphatic carbocycles. The SMILES string of the molecule is C[C@H]1CC(c2cc3cc(C(F)(F)F)ccc3o2)CCN1c1ccc(OCC2(C)NC=CN2)c([N+](=O)[O-])c1. The van der Waals surface area contributed by atoms with E-state index in [4.69, 9.17) is 9.15 Å². The average Bonchev–Trinajstić information content (AvgIpc) is 3.48. The summed E-state index contributed by atoms with van der Waals surface area (Å²) in [5, 5.41) is 18.4. The molecule has 1 aromatic heterocycles. The smallest absolute Gasteiger partial charge is 0.416 e. The lowest BCUT2D eigenvalue weighted by atomic mass is 9.89. The van der Waals surface area contributed by atoms with E-state index >= 15 is 0 Å². The van der Waals surface area contributed by atoms with Gasteiger partial charge in [0, 0.05) is 48.0 Å². The van der Waals surface area contributed by atoms with Crippen LogP contribution in [0.25, 0.3) is 11.0 Å². The van der Waals surface area contributed by atoms with Gasteiger partial charge in [0.1, 0.15) is 23.6 Å². The number of furan rings is 1. The van der Waals surface area contributed by atoms with Crippen LogP contribution < -0.4 is 20.3 Å².